The highest BCUT2D eigenvalue weighted by molar-refractivity contribution is 6.62. The van der Waals surface area contributed by atoms with E-state index >= 15 is 0 Å². The molecule has 0 radical (unpaired) electrons. The fraction of sp³-hybridized carbons (Fsp3) is 0.538. The molecule has 3 heteroatoms. The first-order chi connectivity index (χ1) is 7.62. The van der Waals surface area contributed by atoms with Gasteiger partial charge in [-0.15, -0.1) is 0 Å². The second-order valence-electron chi connectivity index (χ2n) is 5.17. The van der Waals surface area contributed by atoms with Crippen molar-refractivity contribution < 1.29 is 9.31 Å². The molecule has 1 aromatic rings. The van der Waals surface area contributed by atoms with E-state index in [2.05, 4.69) is 39.0 Å². The molecular formula is C13H19BO2. The van der Waals surface area contributed by atoms with Crippen LogP contribution in [0.1, 0.15) is 26.3 Å². The molecule has 0 spiro atoms. The topological polar surface area (TPSA) is 18.5 Å². The lowest BCUT2D eigenvalue weighted by atomic mass is 9.73. The molecule has 0 saturated carbocycles. The molecule has 0 bridgehead atoms. The fourth-order valence-electron chi connectivity index (χ4n) is 1.96. The lowest BCUT2D eigenvalue weighted by Gasteiger charge is -2.33. The summed E-state index contributed by atoms with van der Waals surface area (Å²) in [5.74, 6) is 0. The summed E-state index contributed by atoms with van der Waals surface area (Å²) in [5.41, 5.74) is 2.63. The van der Waals surface area contributed by atoms with Gasteiger partial charge in [0.2, 0.25) is 0 Å². The van der Waals surface area contributed by atoms with Crippen molar-refractivity contribution in [1.29, 1.82) is 0 Å². The predicted octanol–water partition coefficient (Wildman–Crippen LogP) is 2.02. The molecule has 1 aromatic carbocycles. The van der Waals surface area contributed by atoms with Gasteiger partial charge in [-0.1, -0.05) is 45.0 Å². The van der Waals surface area contributed by atoms with E-state index in [4.69, 9.17) is 9.31 Å². The quantitative estimate of drug-likeness (QED) is 0.707. The minimum absolute atomic E-state index is 0.137. The highest BCUT2D eigenvalue weighted by atomic mass is 16.6. The molecule has 0 atom stereocenters. The largest absolute Gasteiger partial charge is 0.494 e. The maximum absolute atomic E-state index is 5.80. The summed E-state index contributed by atoms with van der Waals surface area (Å²) in [6.45, 7) is 8.00. The van der Waals surface area contributed by atoms with Crippen LogP contribution in [0.5, 0.6) is 0 Å². The van der Waals surface area contributed by atoms with Gasteiger partial charge in [0.25, 0.3) is 0 Å². The fourth-order valence-corrected chi connectivity index (χ4v) is 1.96. The Morgan fingerprint density at radius 2 is 1.81 bits per heavy atom. The summed E-state index contributed by atoms with van der Waals surface area (Å²) in [4.78, 5) is 0. The summed E-state index contributed by atoms with van der Waals surface area (Å²) < 4.78 is 11.6. The standard InChI is InChI=1S/C13H19BO2/c1-4-11-7-5-6-8-12(11)14-15-9-13(2,3)10-16-14/h5-8H,4,9-10H2,1-3H3. The SMILES string of the molecule is CCc1ccccc1B1OCC(C)(C)CO1. The van der Waals surface area contributed by atoms with Gasteiger partial charge in [-0.05, 0) is 17.4 Å². The van der Waals surface area contributed by atoms with Crippen LogP contribution in [0.15, 0.2) is 24.3 Å². The molecule has 0 aromatic heterocycles. The number of hydrogen-bond acceptors (Lipinski definition) is 2. The zero-order valence-corrected chi connectivity index (χ0v) is 10.3. The summed E-state index contributed by atoms with van der Waals surface area (Å²) in [5, 5.41) is 0. The van der Waals surface area contributed by atoms with E-state index in [1.165, 1.54) is 11.0 Å². The molecule has 86 valence electrons. The van der Waals surface area contributed by atoms with Gasteiger partial charge in [-0.25, -0.2) is 0 Å². The lowest BCUT2D eigenvalue weighted by Crippen LogP contribution is -2.48. The average molecular weight is 218 g/mol. The molecule has 16 heavy (non-hydrogen) atoms. The van der Waals surface area contributed by atoms with Crippen LogP contribution in [0.3, 0.4) is 0 Å². The van der Waals surface area contributed by atoms with E-state index in [0.29, 0.717) is 0 Å². The van der Waals surface area contributed by atoms with Crippen molar-refractivity contribution in [2.24, 2.45) is 5.41 Å². The van der Waals surface area contributed by atoms with Gasteiger partial charge in [0.05, 0.1) is 0 Å². The Kier molecular flexibility index (Phi) is 3.36. The number of rotatable bonds is 2. The molecule has 1 aliphatic heterocycles. The monoisotopic (exact) mass is 218 g/mol. The third kappa shape index (κ3) is 2.47. The zero-order chi connectivity index (χ0) is 11.6. The van der Waals surface area contributed by atoms with E-state index < -0.39 is 0 Å². The maximum Gasteiger partial charge on any atom is 0.494 e. The van der Waals surface area contributed by atoms with Crippen LogP contribution in [0.25, 0.3) is 0 Å². The van der Waals surface area contributed by atoms with Gasteiger partial charge in [-0.2, -0.15) is 0 Å². The van der Waals surface area contributed by atoms with Crippen molar-refractivity contribution in [2.75, 3.05) is 13.2 Å². The van der Waals surface area contributed by atoms with Crippen LogP contribution in [0.4, 0.5) is 0 Å². The van der Waals surface area contributed by atoms with Gasteiger partial charge < -0.3 is 9.31 Å². The molecule has 0 aliphatic carbocycles. The van der Waals surface area contributed by atoms with Crippen LogP contribution >= 0.6 is 0 Å². The molecular weight excluding hydrogens is 199 g/mol. The van der Waals surface area contributed by atoms with Crippen LogP contribution in [-0.2, 0) is 15.7 Å². The summed E-state index contributed by atoms with van der Waals surface area (Å²) >= 11 is 0. The second-order valence-corrected chi connectivity index (χ2v) is 5.17. The average Bonchev–Trinajstić information content (AvgIpc) is 2.29. The molecule has 0 unspecified atom stereocenters. The summed E-state index contributed by atoms with van der Waals surface area (Å²) in [7, 11) is -0.177. The second kappa shape index (κ2) is 4.60. The summed E-state index contributed by atoms with van der Waals surface area (Å²) in [6.07, 6.45) is 1.02. The van der Waals surface area contributed by atoms with Gasteiger partial charge >= 0.3 is 7.12 Å². The van der Waals surface area contributed by atoms with Crippen LogP contribution in [-0.4, -0.2) is 20.3 Å². The van der Waals surface area contributed by atoms with Gasteiger partial charge in [0.15, 0.2) is 0 Å². The Bertz CT molecular complexity index is 353. The molecule has 0 amide bonds. The Hall–Kier alpha value is -0.795. The van der Waals surface area contributed by atoms with E-state index in [1.807, 2.05) is 6.07 Å². The minimum atomic E-state index is -0.177. The van der Waals surface area contributed by atoms with E-state index in [1.54, 1.807) is 0 Å². The third-order valence-corrected chi connectivity index (χ3v) is 2.94. The molecule has 0 N–H and O–H groups in total. The first-order valence-electron chi connectivity index (χ1n) is 5.93. The zero-order valence-electron chi connectivity index (χ0n) is 10.3. The van der Waals surface area contributed by atoms with Crippen molar-refractivity contribution in [2.45, 2.75) is 27.2 Å². The van der Waals surface area contributed by atoms with Crippen molar-refractivity contribution in [1.82, 2.24) is 0 Å². The van der Waals surface area contributed by atoms with E-state index in [0.717, 1.165) is 19.6 Å². The Balaban J connectivity index is 2.14. The molecule has 2 nitrogen and oxygen atoms in total. The van der Waals surface area contributed by atoms with Gasteiger partial charge in [-0.3, -0.25) is 0 Å². The van der Waals surface area contributed by atoms with Crippen molar-refractivity contribution in [3.05, 3.63) is 29.8 Å². The van der Waals surface area contributed by atoms with Crippen LogP contribution in [0, 0.1) is 5.41 Å². The van der Waals surface area contributed by atoms with Crippen molar-refractivity contribution in [3.63, 3.8) is 0 Å². The van der Waals surface area contributed by atoms with Crippen LogP contribution < -0.4 is 5.46 Å². The highest BCUT2D eigenvalue weighted by Crippen LogP contribution is 2.21. The van der Waals surface area contributed by atoms with E-state index in [-0.39, 0.29) is 12.5 Å². The summed E-state index contributed by atoms with van der Waals surface area (Å²) in [6, 6.07) is 8.35. The Labute approximate surface area is 98.1 Å². The van der Waals surface area contributed by atoms with Gasteiger partial charge in [0.1, 0.15) is 0 Å². The molecule has 1 heterocycles. The lowest BCUT2D eigenvalue weighted by molar-refractivity contribution is 0.0342. The number of benzene rings is 1. The predicted molar refractivity (Wildman–Crippen MR) is 66.9 cm³/mol. The Morgan fingerprint density at radius 1 is 1.19 bits per heavy atom. The first kappa shape index (κ1) is 11.7. The number of hydrogen-bond donors (Lipinski definition) is 0. The first-order valence-corrected chi connectivity index (χ1v) is 5.93. The Morgan fingerprint density at radius 3 is 2.44 bits per heavy atom. The smallest absolute Gasteiger partial charge is 0.407 e. The molecule has 1 saturated heterocycles. The number of aryl methyl sites for hydroxylation is 1. The molecule has 2 rings (SSSR count). The normalized spacial score (nSPS) is 19.8. The van der Waals surface area contributed by atoms with Crippen LogP contribution in [0.2, 0.25) is 0 Å². The molecule has 1 fully saturated rings. The van der Waals surface area contributed by atoms with Crippen molar-refractivity contribution >= 4 is 12.6 Å². The van der Waals surface area contributed by atoms with Gasteiger partial charge in [0, 0.05) is 18.6 Å². The minimum Gasteiger partial charge on any atom is -0.407 e. The highest BCUT2D eigenvalue weighted by Gasteiger charge is 2.34. The van der Waals surface area contributed by atoms with Crippen molar-refractivity contribution in [3.8, 4) is 0 Å². The maximum atomic E-state index is 5.80. The third-order valence-electron chi connectivity index (χ3n) is 2.94. The molecule has 1 aliphatic rings. The van der Waals surface area contributed by atoms with E-state index in [9.17, 15) is 0 Å².